The molecule has 0 amide bonds. The van der Waals surface area contributed by atoms with Crippen LogP contribution in [-0.4, -0.2) is 13.2 Å². The Morgan fingerprint density at radius 1 is 1.11 bits per heavy atom. The van der Waals surface area contributed by atoms with Gasteiger partial charge in [0, 0.05) is 18.1 Å². The van der Waals surface area contributed by atoms with E-state index in [1.54, 1.807) is 0 Å². The molecular weight excluding hydrogens is 258 g/mol. The van der Waals surface area contributed by atoms with E-state index in [-0.39, 0.29) is 0 Å². The Hall–Kier alpha value is -1.51. The molecule has 2 aromatic rings. The van der Waals surface area contributed by atoms with E-state index in [0.29, 0.717) is 6.61 Å². The summed E-state index contributed by atoms with van der Waals surface area (Å²) < 4.78 is 5.66. The first-order valence-electron chi connectivity index (χ1n) is 6.39. The predicted octanol–water partition coefficient (Wildman–Crippen LogP) is 3.82. The number of aryl methyl sites for hydroxylation is 1. The van der Waals surface area contributed by atoms with E-state index in [1.165, 1.54) is 5.56 Å². The van der Waals surface area contributed by atoms with E-state index in [2.05, 4.69) is 18.3 Å². The Morgan fingerprint density at radius 2 is 1.95 bits per heavy atom. The average Bonchev–Trinajstić information content (AvgIpc) is 2.40. The molecule has 3 heteroatoms. The van der Waals surface area contributed by atoms with Crippen molar-refractivity contribution in [3.8, 4) is 5.75 Å². The number of rotatable bonds is 6. The zero-order chi connectivity index (χ0) is 13.5. The maximum atomic E-state index is 6.08. The van der Waals surface area contributed by atoms with Crippen molar-refractivity contribution in [1.29, 1.82) is 0 Å². The Morgan fingerprint density at radius 3 is 2.74 bits per heavy atom. The van der Waals surface area contributed by atoms with Crippen molar-refractivity contribution in [1.82, 2.24) is 5.32 Å². The second-order valence-electron chi connectivity index (χ2n) is 4.43. The third-order valence-corrected chi connectivity index (χ3v) is 3.18. The minimum Gasteiger partial charge on any atom is -0.492 e. The highest BCUT2D eigenvalue weighted by Gasteiger charge is 1.98. The molecule has 2 rings (SSSR count). The molecule has 0 radical (unpaired) electrons. The summed E-state index contributed by atoms with van der Waals surface area (Å²) in [6, 6.07) is 15.9. The van der Waals surface area contributed by atoms with Crippen molar-refractivity contribution in [3.63, 3.8) is 0 Å². The van der Waals surface area contributed by atoms with Crippen molar-refractivity contribution in [3.05, 3.63) is 64.7 Å². The lowest BCUT2D eigenvalue weighted by Crippen LogP contribution is -2.20. The molecule has 0 unspecified atom stereocenters. The van der Waals surface area contributed by atoms with Gasteiger partial charge < -0.3 is 10.1 Å². The van der Waals surface area contributed by atoms with Gasteiger partial charge in [0.05, 0.1) is 0 Å². The fourth-order valence-electron chi connectivity index (χ4n) is 1.81. The quantitative estimate of drug-likeness (QED) is 0.810. The van der Waals surface area contributed by atoms with Gasteiger partial charge in [0.15, 0.2) is 0 Å². The minimum absolute atomic E-state index is 0.647. The van der Waals surface area contributed by atoms with Gasteiger partial charge in [-0.05, 0) is 36.2 Å². The molecule has 1 N–H and O–H groups in total. The second-order valence-corrected chi connectivity index (χ2v) is 4.84. The highest BCUT2D eigenvalue weighted by Crippen LogP contribution is 2.14. The van der Waals surface area contributed by atoms with Gasteiger partial charge in [-0.3, -0.25) is 0 Å². The molecule has 0 spiro atoms. The first-order chi connectivity index (χ1) is 9.25. The van der Waals surface area contributed by atoms with E-state index in [1.807, 2.05) is 42.5 Å². The van der Waals surface area contributed by atoms with Crippen LogP contribution in [0.3, 0.4) is 0 Å². The predicted molar refractivity (Wildman–Crippen MR) is 79.8 cm³/mol. The fourth-order valence-corrected chi connectivity index (χ4v) is 2.01. The summed E-state index contributed by atoms with van der Waals surface area (Å²) in [4.78, 5) is 0. The lowest BCUT2D eigenvalue weighted by atomic mass is 10.2. The molecule has 0 saturated carbocycles. The molecule has 0 aliphatic heterocycles. The molecule has 100 valence electrons. The third kappa shape index (κ3) is 4.58. The average molecular weight is 276 g/mol. The molecule has 2 aromatic carbocycles. The first kappa shape index (κ1) is 13.9. The van der Waals surface area contributed by atoms with Crippen LogP contribution in [0.5, 0.6) is 5.75 Å². The SMILES string of the molecule is Cc1cccc(OCCNCc2ccccc2Cl)c1. The molecule has 0 fully saturated rings. The summed E-state index contributed by atoms with van der Waals surface area (Å²) >= 11 is 6.08. The lowest BCUT2D eigenvalue weighted by molar-refractivity contribution is 0.313. The van der Waals surface area contributed by atoms with Crippen LogP contribution >= 0.6 is 11.6 Å². The fraction of sp³-hybridized carbons (Fsp3) is 0.250. The van der Waals surface area contributed by atoms with Crippen LogP contribution in [0.15, 0.2) is 48.5 Å². The highest BCUT2D eigenvalue weighted by molar-refractivity contribution is 6.31. The molecule has 0 atom stereocenters. The van der Waals surface area contributed by atoms with Crippen LogP contribution in [0.4, 0.5) is 0 Å². The van der Waals surface area contributed by atoms with Crippen molar-refractivity contribution >= 4 is 11.6 Å². The van der Waals surface area contributed by atoms with Crippen LogP contribution < -0.4 is 10.1 Å². The molecular formula is C16H18ClNO. The molecule has 0 heterocycles. The number of halogens is 1. The number of nitrogens with one attached hydrogen (secondary N) is 1. The number of hydrogen-bond acceptors (Lipinski definition) is 2. The number of ether oxygens (including phenoxy) is 1. The maximum absolute atomic E-state index is 6.08. The van der Waals surface area contributed by atoms with Gasteiger partial charge in [-0.1, -0.05) is 41.9 Å². The van der Waals surface area contributed by atoms with E-state index in [9.17, 15) is 0 Å². The van der Waals surface area contributed by atoms with Gasteiger partial charge in [-0.25, -0.2) is 0 Å². The summed E-state index contributed by atoms with van der Waals surface area (Å²) in [5.41, 5.74) is 2.32. The number of hydrogen-bond donors (Lipinski definition) is 1. The lowest BCUT2D eigenvalue weighted by Gasteiger charge is -2.09. The molecule has 0 aromatic heterocycles. The zero-order valence-electron chi connectivity index (χ0n) is 11.0. The van der Waals surface area contributed by atoms with Gasteiger partial charge in [0.2, 0.25) is 0 Å². The van der Waals surface area contributed by atoms with E-state index < -0.39 is 0 Å². The zero-order valence-corrected chi connectivity index (χ0v) is 11.8. The topological polar surface area (TPSA) is 21.3 Å². The molecule has 2 nitrogen and oxygen atoms in total. The molecule has 19 heavy (non-hydrogen) atoms. The van der Waals surface area contributed by atoms with Crippen molar-refractivity contribution < 1.29 is 4.74 Å². The summed E-state index contributed by atoms with van der Waals surface area (Å²) in [5, 5.41) is 4.12. The standard InChI is InChI=1S/C16H18ClNO/c1-13-5-4-7-15(11-13)19-10-9-18-12-14-6-2-3-8-16(14)17/h2-8,11,18H,9-10,12H2,1H3. The van der Waals surface area contributed by atoms with Crippen LogP contribution in [0.25, 0.3) is 0 Å². The summed E-state index contributed by atoms with van der Waals surface area (Å²) in [5.74, 6) is 0.916. The molecule has 0 bridgehead atoms. The maximum Gasteiger partial charge on any atom is 0.119 e. The van der Waals surface area contributed by atoms with Gasteiger partial charge in [-0.2, -0.15) is 0 Å². The van der Waals surface area contributed by atoms with Crippen molar-refractivity contribution in [2.45, 2.75) is 13.5 Å². The Balaban J connectivity index is 1.69. The molecule has 0 saturated heterocycles. The van der Waals surface area contributed by atoms with E-state index in [0.717, 1.165) is 29.4 Å². The summed E-state index contributed by atoms with van der Waals surface area (Å²) in [6.07, 6.45) is 0. The second kappa shape index (κ2) is 7.17. The van der Waals surface area contributed by atoms with Crippen LogP contribution in [-0.2, 0) is 6.54 Å². The van der Waals surface area contributed by atoms with Gasteiger partial charge >= 0.3 is 0 Å². The third-order valence-electron chi connectivity index (χ3n) is 2.81. The first-order valence-corrected chi connectivity index (χ1v) is 6.77. The van der Waals surface area contributed by atoms with Crippen LogP contribution in [0.2, 0.25) is 5.02 Å². The van der Waals surface area contributed by atoms with Gasteiger partial charge in [-0.15, -0.1) is 0 Å². The van der Waals surface area contributed by atoms with Crippen LogP contribution in [0.1, 0.15) is 11.1 Å². The van der Waals surface area contributed by atoms with Crippen molar-refractivity contribution in [2.75, 3.05) is 13.2 Å². The van der Waals surface area contributed by atoms with Crippen molar-refractivity contribution in [2.24, 2.45) is 0 Å². The smallest absolute Gasteiger partial charge is 0.119 e. The number of benzene rings is 2. The molecule has 0 aliphatic rings. The Labute approximate surface area is 119 Å². The Bertz CT molecular complexity index is 528. The largest absolute Gasteiger partial charge is 0.492 e. The van der Waals surface area contributed by atoms with Gasteiger partial charge in [0.1, 0.15) is 12.4 Å². The minimum atomic E-state index is 0.647. The summed E-state index contributed by atoms with van der Waals surface area (Å²) in [7, 11) is 0. The molecule has 0 aliphatic carbocycles. The van der Waals surface area contributed by atoms with E-state index >= 15 is 0 Å². The van der Waals surface area contributed by atoms with E-state index in [4.69, 9.17) is 16.3 Å². The monoisotopic (exact) mass is 275 g/mol. The normalized spacial score (nSPS) is 10.4. The van der Waals surface area contributed by atoms with Gasteiger partial charge in [0.25, 0.3) is 0 Å². The summed E-state index contributed by atoms with van der Waals surface area (Å²) in [6.45, 7) is 4.26. The Kier molecular flexibility index (Phi) is 5.25. The highest BCUT2D eigenvalue weighted by atomic mass is 35.5. The van der Waals surface area contributed by atoms with Crippen LogP contribution in [0, 0.1) is 6.92 Å².